The third-order valence-electron chi connectivity index (χ3n) is 5.76. The molecule has 2 aromatic heterocycles. The number of halogens is 1. The lowest BCUT2D eigenvalue weighted by molar-refractivity contribution is 0.0730. The van der Waals surface area contributed by atoms with Crippen LogP contribution in [0.5, 0.6) is 5.75 Å². The van der Waals surface area contributed by atoms with E-state index in [9.17, 15) is 4.79 Å². The predicted octanol–water partition coefficient (Wildman–Crippen LogP) is 4.09. The summed E-state index contributed by atoms with van der Waals surface area (Å²) in [5.74, 6) is 1.26. The van der Waals surface area contributed by atoms with Crippen molar-refractivity contribution < 1.29 is 9.53 Å². The van der Waals surface area contributed by atoms with Gasteiger partial charge in [0.2, 0.25) is 0 Å². The zero-order valence-electron chi connectivity index (χ0n) is 17.2. The number of rotatable bonds is 4. The number of ether oxygens (including phenoxy) is 1. The maximum Gasteiger partial charge on any atom is 0.256 e. The fraction of sp³-hybridized carbons (Fsp3) is 0.273. The molecular weight excluding hydrogens is 416 g/mol. The molecule has 1 N–H and O–H groups in total. The van der Waals surface area contributed by atoms with Crippen molar-refractivity contribution in [3.63, 3.8) is 0 Å². The maximum atomic E-state index is 13.7. The molecule has 1 fully saturated rings. The summed E-state index contributed by atoms with van der Waals surface area (Å²) in [6.45, 7) is 2.59. The molecule has 0 bridgehead atoms. The number of imidazole rings is 1. The number of amides is 1. The largest absolute Gasteiger partial charge is 0.497 e. The molecule has 1 aliphatic heterocycles. The van der Waals surface area contributed by atoms with Crippen LogP contribution in [0.1, 0.15) is 40.6 Å². The number of methoxy groups -OCH3 is 1. The second-order valence-electron chi connectivity index (χ2n) is 7.55. The Labute approximate surface area is 183 Å². The van der Waals surface area contributed by atoms with E-state index in [1.807, 2.05) is 24.0 Å². The van der Waals surface area contributed by atoms with Crippen LogP contribution in [0, 0.1) is 6.92 Å². The van der Waals surface area contributed by atoms with E-state index in [0.717, 1.165) is 35.3 Å². The number of carbonyl (C=O) groups excluding carboxylic acids is 1. The summed E-state index contributed by atoms with van der Waals surface area (Å²) >= 11 is 6.27. The highest BCUT2D eigenvalue weighted by Crippen LogP contribution is 2.35. The zero-order valence-corrected chi connectivity index (χ0v) is 17.9. The number of H-pyrrole nitrogens is 1. The summed E-state index contributed by atoms with van der Waals surface area (Å²) in [6.07, 6.45) is 4.89. The lowest BCUT2D eigenvalue weighted by Gasteiger charge is -2.24. The minimum atomic E-state index is -0.150. The average molecular weight is 437 g/mol. The lowest BCUT2D eigenvalue weighted by Crippen LogP contribution is -2.32. The maximum absolute atomic E-state index is 13.7. The van der Waals surface area contributed by atoms with Gasteiger partial charge in [-0.3, -0.25) is 4.79 Å². The van der Waals surface area contributed by atoms with Crippen molar-refractivity contribution in [2.75, 3.05) is 13.7 Å². The van der Waals surface area contributed by atoms with Crippen molar-refractivity contribution in [2.24, 2.45) is 0 Å². The highest BCUT2D eigenvalue weighted by atomic mass is 35.5. The van der Waals surface area contributed by atoms with Crippen molar-refractivity contribution in [3.8, 4) is 11.4 Å². The Bertz CT molecular complexity index is 1270. The first-order chi connectivity index (χ1) is 15.1. The van der Waals surface area contributed by atoms with Gasteiger partial charge in [0.05, 0.1) is 47.8 Å². The summed E-state index contributed by atoms with van der Waals surface area (Å²) in [6, 6.07) is 8.96. The number of likely N-dealkylation sites (tertiary alicyclic amines) is 1. The van der Waals surface area contributed by atoms with Gasteiger partial charge >= 0.3 is 0 Å². The standard InChI is InChI=1S/C22H21ClN6O2/c1-13-16(23)6-7-17-20(13)27-21(26-17)19-4-3-11-28(19)22(30)15-12-14(31-2)5-8-18(15)29-24-9-10-25-29/h5-10,12,19H,3-4,11H2,1-2H3,(H,26,27). The van der Waals surface area contributed by atoms with E-state index in [4.69, 9.17) is 21.3 Å². The molecule has 2 aromatic carbocycles. The van der Waals surface area contributed by atoms with E-state index in [1.165, 1.54) is 4.80 Å². The van der Waals surface area contributed by atoms with Crippen LogP contribution in [0.2, 0.25) is 5.02 Å². The normalized spacial score (nSPS) is 16.2. The Balaban J connectivity index is 1.55. The molecule has 5 rings (SSSR count). The van der Waals surface area contributed by atoms with Gasteiger partial charge in [0.25, 0.3) is 5.91 Å². The van der Waals surface area contributed by atoms with Crippen molar-refractivity contribution in [3.05, 3.63) is 64.7 Å². The summed E-state index contributed by atoms with van der Waals surface area (Å²) in [5, 5.41) is 9.08. The number of carbonyl (C=O) groups is 1. The summed E-state index contributed by atoms with van der Waals surface area (Å²) in [5.41, 5.74) is 3.77. The van der Waals surface area contributed by atoms with E-state index >= 15 is 0 Å². The van der Waals surface area contributed by atoms with Crippen LogP contribution in [-0.4, -0.2) is 49.4 Å². The number of aromatic nitrogens is 5. The van der Waals surface area contributed by atoms with E-state index in [1.54, 1.807) is 37.7 Å². The third-order valence-corrected chi connectivity index (χ3v) is 6.17. The second-order valence-corrected chi connectivity index (χ2v) is 7.96. The summed E-state index contributed by atoms with van der Waals surface area (Å²) in [7, 11) is 1.58. The predicted molar refractivity (Wildman–Crippen MR) is 117 cm³/mol. The molecule has 8 nitrogen and oxygen atoms in total. The molecule has 0 saturated carbocycles. The number of benzene rings is 2. The van der Waals surface area contributed by atoms with Crippen molar-refractivity contribution in [1.29, 1.82) is 0 Å². The summed E-state index contributed by atoms with van der Waals surface area (Å²) < 4.78 is 5.36. The first kappa shape index (κ1) is 19.6. The Kier molecular flexibility index (Phi) is 4.86. The number of hydrogen-bond donors (Lipinski definition) is 1. The fourth-order valence-electron chi connectivity index (χ4n) is 4.14. The Morgan fingerprint density at radius 2 is 2.03 bits per heavy atom. The molecule has 31 heavy (non-hydrogen) atoms. The second kappa shape index (κ2) is 7.70. The Morgan fingerprint density at radius 1 is 1.23 bits per heavy atom. The van der Waals surface area contributed by atoms with Gasteiger partial charge in [0, 0.05) is 11.6 Å². The van der Waals surface area contributed by atoms with Gasteiger partial charge in [0.15, 0.2) is 0 Å². The van der Waals surface area contributed by atoms with Crippen LogP contribution in [0.15, 0.2) is 42.7 Å². The van der Waals surface area contributed by atoms with Crippen LogP contribution in [-0.2, 0) is 0 Å². The van der Waals surface area contributed by atoms with Crippen LogP contribution < -0.4 is 4.74 Å². The van der Waals surface area contributed by atoms with Crippen molar-refractivity contribution in [1.82, 2.24) is 29.9 Å². The molecule has 1 aliphatic rings. The molecule has 1 amide bonds. The van der Waals surface area contributed by atoms with Gasteiger partial charge in [-0.15, -0.1) is 0 Å². The van der Waals surface area contributed by atoms with Crippen LogP contribution in [0.4, 0.5) is 0 Å². The first-order valence-electron chi connectivity index (χ1n) is 10.1. The van der Waals surface area contributed by atoms with Crippen LogP contribution in [0.3, 0.4) is 0 Å². The highest BCUT2D eigenvalue weighted by Gasteiger charge is 2.34. The number of fused-ring (bicyclic) bond motifs is 1. The minimum absolute atomic E-state index is 0.107. The van der Waals surface area contributed by atoms with E-state index in [0.29, 0.717) is 28.6 Å². The fourth-order valence-corrected chi connectivity index (χ4v) is 4.29. The monoisotopic (exact) mass is 436 g/mol. The number of nitrogens with one attached hydrogen (secondary N) is 1. The Morgan fingerprint density at radius 3 is 2.81 bits per heavy atom. The van der Waals surface area contributed by atoms with Gasteiger partial charge in [-0.05, 0) is 55.7 Å². The Hall–Kier alpha value is -3.39. The van der Waals surface area contributed by atoms with Gasteiger partial charge in [0.1, 0.15) is 11.6 Å². The van der Waals surface area contributed by atoms with Crippen molar-refractivity contribution >= 4 is 28.5 Å². The number of hydrogen-bond acceptors (Lipinski definition) is 5. The van der Waals surface area contributed by atoms with Gasteiger partial charge in [-0.2, -0.15) is 15.0 Å². The molecule has 0 aliphatic carbocycles. The highest BCUT2D eigenvalue weighted by molar-refractivity contribution is 6.32. The molecule has 3 heterocycles. The topological polar surface area (TPSA) is 88.9 Å². The van der Waals surface area contributed by atoms with Crippen LogP contribution >= 0.6 is 11.6 Å². The molecule has 158 valence electrons. The molecule has 0 spiro atoms. The molecule has 1 unspecified atom stereocenters. The zero-order chi connectivity index (χ0) is 21.5. The molecule has 9 heteroatoms. The molecule has 1 saturated heterocycles. The van der Waals surface area contributed by atoms with Gasteiger partial charge in [-0.25, -0.2) is 4.98 Å². The molecule has 0 radical (unpaired) electrons. The number of aromatic amines is 1. The lowest BCUT2D eigenvalue weighted by atomic mass is 10.1. The summed E-state index contributed by atoms with van der Waals surface area (Å²) in [4.78, 5) is 25.2. The smallest absolute Gasteiger partial charge is 0.256 e. The molecule has 4 aromatic rings. The van der Waals surface area contributed by atoms with Crippen molar-refractivity contribution in [2.45, 2.75) is 25.8 Å². The number of nitrogens with zero attached hydrogens (tertiary/aromatic N) is 5. The third kappa shape index (κ3) is 3.33. The minimum Gasteiger partial charge on any atom is -0.497 e. The molecular formula is C22H21ClN6O2. The van der Waals surface area contributed by atoms with Gasteiger partial charge in [-0.1, -0.05) is 11.6 Å². The van der Waals surface area contributed by atoms with E-state index < -0.39 is 0 Å². The SMILES string of the molecule is COc1ccc(-n2nccn2)c(C(=O)N2CCCC2c2nc3c(C)c(Cl)ccc3[nH]2)c1. The number of aryl methyl sites for hydroxylation is 1. The van der Waals surface area contributed by atoms with Crippen LogP contribution in [0.25, 0.3) is 16.7 Å². The molecule has 1 atom stereocenters. The first-order valence-corrected chi connectivity index (χ1v) is 10.4. The quantitative estimate of drug-likeness (QED) is 0.520. The van der Waals surface area contributed by atoms with E-state index in [-0.39, 0.29) is 11.9 Å². The van der Waals surface area contributed by atoms with E-state index in [2.05, 4.69) is 15.2 Å². The average Bonchev–Trinajstić information content (AvgIpc) is 3.55. The van der Waals surface area contributed by atoms with Gasteiger partial charge < -0.3 is 14.6 Å².